The highest BCUT2D eigenvalue weighted by Gasteiger charge is 2.62. The number of phenols is 2. The summed E-state index contributed by atoms with van der Waals surface area (Å²) in [6.45, 7) is 13.6. The van der Waals surface area contributed by atoms with E-state index in [0.29, 0.717) is 13.2 Å². The zero-order valence-electron chi connectivity index (χ0n) is 16.9. The second-order valence-corrected chi connectivity index (χ2v) is 9.18. The second-order valence-electron chi connectivity index (χ2n) is 9.18. The fraction of sp³-hybridized carbons (Fsp3) is 0.478. The lowest BCUT2D eigenvalue weighted by molar-refractivity contribution is -0.0717. The Kier molecular flexibility index (Phi) is 3.56. The predicted molar refractivity (Wildman–Crippen MR) is 105 cm³/mol. The van der Waals surface area contributed by atoms with Crippen molar-refractivity contribution in [1.82, 2.24) is 0 Å². The summed E-state index contributed by atoms with van der Waals surface area (Å²) in [5.74, 6) is 2.22. The van der Waals surface area contributed by atoms with Gasteiger partial charge in [0, 0.05) is 22.0 Å². The van der Waals surface area contributed by atoms with Gasteiger partial charge in [-0.25, -0.2) is 0 Å². The van der Waals surface area contributed by atoms with Gasteiger partial charge in [-0.1, -0.05) is 27.7 Å². The maximum atomic E-state index is 10.3. The van der Waals surface area contributed by atoms with Crippen molar-refractivity contribution in [2.24, 2.45) is 5.41 Å². The van der Waals surface area contributed by atoms with Crippen LogP contribution in [0.25, 0.3) is 0 Å². The van der Waals surface area contributed by atoms with Gasteiger partial charge in [-0.15, -0.1) is 0 Å². The molecule has 0 bridgehead atoms. The van der Waals surface area contributed by atoms with Gasteiger partial charge in [0.2, 0.25) is 0 Å². The molecule has 144 valence electrons. The number of aryl methyl sites for hydroxylation is 2. The van der Waals surface area contributed by atoms with Crippen LogP contribution in [0.5, 0.6) is 23.0 Å². The van der Waals surface area contributed by atoms with E-state index in [1.165, 1.54) is 0 Å². The third-order valence-electron chi connectivity index (χ3n) is 7.28. The number of hydrogen-bond donors (Lipinski definition) is 2. The minimum Gasteiger partial charge on any atom is -0.508 e. The molecule has 0 saturated carbocycles. The summed E-state index contributed by atoms with van der Waals surface area (Å²) < 4.78 is 12.5. The number of ether oxygens (including phenoxy) is 2. The van der Waals surface area contributed by atoms with Crippen LogP contribution < -0.4 is 9.47 Å². The molecule has 0 unspecified atom stereocenters. The van der Waals surface area contributed by atoms with E-state index in [0.717, 1.165) is 33.8 Å². The third kappa shape index (κ3) is 2.16. The van der Waals surface area contributed by atoms with Crippen molar-refractivity contribution in [3.8, 4) is 23.0 Å². The molecule has 1 spiro atoms. The van der Waals surface area contributed by atoms with E-state index in [-0.39, 0.29) is 27.7 Å². The van der Waals surface area contributed by atoms with Gasteiger partial charge in [-0.2, -0.15) is 0 Å². The van der Waals surface area contributed by atoms with Crippen LogP contribution in [0.4, 0.5) is 0 Å². The van der Waals surface area contributed by atoms with Crippen LogP contribution in [-0.4, -0.2) is 23.4 Å². The first-order valence-electron chi connectivity index (χ1n) is 9.45. The molecule has 2 N–H and O–H groups in total. The van der Waals surface area contributed by atoms with Crippen LogP contribution in [0.1, 0.15) is 49.9 Å². The first-order chi connectivity index (χ1) is 12.5. The first-order valence-corrected chi connectivity index (χ1v) is 9.45. The summed E-state index contributed by atoms with van der Waals surface area (Å²) in [7, 11) is 0. The minimum atomic E-state index is -0.358. The van der Waals surface area contributed by atoms with Crippen LogP contribution in [0, 0.1) is 19.3 Å². The van der Waals surface area contributed by atoms with Gasteiger partial charge in [0.05, 0.1) is 18.6 Å². The van der Waals surface area contributed by atoms with Crippen molar-refractivity contribution in [3.05, 3.63) is 46.5 Å². The van der Waals surface area contributed by atoms with E-state index in [2.05, 4.69) is 27.7 Å². The van der Waals surface area contributed by atoms with Crippen molar-refractivity contribution in [2.45, 2.75) is 52.4 Å². The van der Waals surface area contributed by atoms with Crippen molar-refractivity contribution in [2.75, 3.05) is 13.2 Å². The summed E-state index contributed by atoms with van der Waals surface area (Å²) >= 11 is 0. The number of benzene rings is 2. The largest absolute Gasteiger partial charge is 0.508 e. The standard InChI is InChI=1S/C23H28O4/c1-13-7-19-15(9-17(13)24)21(3,4)23(11-26-19)12-27-20-8-14(2)18(25)10-16(20)22(23,5)6/h7-10,24-25H,11-12H2,1-6H3. The van der Waals surface area contributed by atoms with E-state index in [1.54, 1.807) is 0 Å². The highest BCUT2D eigenvalue weighted by atomic mass is 16.5. The van der Waals surface area contributed by atoms with Gasteiger partial charge in [-0.3, -0.25) is 0 Å². The summed E-state index contributed by atoms with van der Waals surface area (Å²) in [6, 6.07) is 7.51. The summed E-state index contributed by atoms with van der Waals surface area (Å²) in [5, 5.41) is 20.7. The Morgan fingerprint density at radius 1 is 0.704 bits per heavy atom. The Morgan fingerprint density at radius 3 is 1.44 bits per heavy atom. The molecule has 0 radical (unpaired) electrons. The SMILES string of the molecule is Cc1cc2c(cc1O)C(C)(C)C1(CO2)COc2cc(C)c(O)cc2C1(C)C. The molecule has 2 aromatic carbocycles. The molecular weight excluding hydrogens is 340 g/mol. The fourth-order valence-corrected chi connectivity index (χ4v) is 5.02. The Labute approximate surface area is 160 Å². The van der Waals surface area contributed by atoms with Gasteiger partial charge in [0.25, 0.3) is 0 Å². The van der Waals surface area contributed by atoms with Crippen molar-refractivity contribution in [3.63, 3.8) is 0 Å². The van der Waals surface area contributed by atoms with Gasteiger partial charge in [-0.05, 0) is 49.2 Å². The number of phenolic OH excluding ortho intramolecular Hbond substituents is 2. The maximum absolute atomic E-state index is 10.3. The molecule has 4 heteroatoms. The number of hydrogen-bond acceptors (Lipinski definition) is 4. The number of aromatic hydroxyl groups is 2. The smallest absolute Gasteiger partial charge is 0.123 e. The van der Waals surface area contributed by atoms with E-state index in [1.807, 2.05) is 38.1 Å². The van der Waals surface area contributed by atoms with Crippen LogP contribution >= 0.6 is 0 Å². The number of rotatable bonds is 0. The number of fused-ring (bicyclic) bond motifs is 2. The molecule has 0 amide bonds. The molecule has 2 aliphatic rings. The molecule has 2 aliphatic heterocycles. The molecule has 0 aromatic heterocycles. The quantitative estimate of drug-likeness (QED) is 0.705. The van der Waals surface area contributed by atoms with Gasteiger partial charge in [0.15, 0.2) is 0 Å². The lowest BCUT2D eigenvalue weighted by Gasteiger charge is -2.60. The predicted octanol–water partition coefficient (Wildman–Crippen LogP) is 4.74. The lowest BCUT2D eigenvalue weighted by atomic mass is 9.48. The normalized spacial score (nSPS) is 21.0. The van der Waals surface area contributed by atoms with Crippen LogP contribution in [0.2, 0.25) is 0 Å². The molecule has 27 heavy (non-hydrogen) atoms. The van der Waals surface area contributed by atoms with Gasteiger partial charge >= 0.3 is 0 Å². The molecule has 4 nitrogen and oxygen atoms in total. The molecular formula is C23H28O4. The Hall–Kier alpha value is -2.36. The molecule has 2 heterocycles. The van der Waals surface area contributed by atoms with Crippen molar-refractivity contribution >= 4 is 0 Å². The van der Waals surface area contributed by atoms with Crippen LogP contribution in [-0.2, 0) is 10.8 Å². The monoisotopic (exact) mass is 368 g/mol. The van der Waals surface area contributed by atoms with Crippen LogP contribution in [0.15, 0.2) is 24.3 Å². The Balaban J connectivity index is 1.93. The average molecular weight is 368 g/mol. The van der Waals surface area contributed by atoms with E-state index < -0.39 is 0 Å². The summed E-state index contributed by atoms with van der Waals surface area (Å²) in [5.41, 5.74) is 2.63. The fourth-order valence-electron chi connectivity index (χ4n) is 5.02. The third-order valence-corrected chi connectivity index (χ3v) is 7.28. The van der Waals surface area contributed by atoms with E-state index >= 15 is 0 Å². The maximum Gasteiger partial charge on any atom is 0.123 e. The van der Waals surface area contributed by atoms with Gasteiger partial charge < -0.3 is 19.7 Å². The van der Waals surface area contributed by atoms with E-state index in [9.17, 15) is 10.2 Å². The molecule has 2 aromatic rings. The van der Waals surface area contributed by atoms with Crippen molar-refractivity contribution < 1.29 is 19.7 Å². The zero-order chi connectivity index (χ0) is 19.8. The van der Waals surface area contributed by atoms with E-state index in [4.69, 9.17) is 9.47 Å². The second kappa shape index (κ2) is 5.34. The molecule has 0 fully saturated rings. The molecule has 0 atom stereocenters. The molecule has 0 saturated heterocycles. The first kappa shape index (κ1) is 18.0. The Morgan fingerprint density at radius 2 is 1.07 bits per heavy atom. The topological polar surface area (TPSA) is 58.9 Å². The van der Waals surface area contributed by atoms with Gasteiger partial charge in [0.1, 0.15) is 23.0 Å². The zero-order valence-corrected chi connectivity index (χ0v) is 16.9. The summed E-state index contributed by atoms with van der Waals surface area (Å²) in [6.07, 6.45) is 0. The highest BCUT2D eigenvalue weighted by molar-refractivity contribution is 5.56. The molecule has 4 rings (SSSR count). The minimum absolute atomic E-state index is 0.283. The average Bonchev–Trinajstić information content (AvgIpc) is 2.57. The van der Waals surface area contributed by atoms with Crippen molar-refractivity contribution in [1.29, 1.82) is 0 Å². The van der Waals surface area contributed by atoms with Crippen LogP contribution in [0.3, 0.4) is 0 Å². The lowest BCUT2D eigenvalue weighted by Crippen LogP contribution is -2.63. The Bertz CT molecular complexity index is 862. The summed E-state index contributed by atoms with van der Waals surface area (Å²) in [4.78, 5) is 0. The highest BCUT2D eigenvalue weighted by Crippen LogP contribution is 2.62. The molecule has 0 aliphatic carbocycles.